The maximum absolute atomic E-state index is 13.5. The summed E-state index contributed by atoms with van der Waals surface area (Å²) in [6.45, 7) is 0.768. The van der Waals surface area contributed by atoms with Crippen molar-refractivity contribution in [2.45, 2.75) is 18.8 Å². The molecule has 1 amide bonds. The lowest BCUT2D eigenvalue weighted by Gasteiger charge is -2.38. The second kappa shape index (κ2) is 2.64. The van der Waals surface area contributed by atoms with Crippen LogP contribution in [-0.2, 0) is 4.79 Å². The maximum atomic E-state index is 13.5. The molecule has 74 valence electrons. The molecule has 0 aliphatic carbocycles. The Hall–Kier alpha value is -0.710. The van der Waals surface area contributed by atoms with Gasteiger partial charge in [-0.15, -0.1) is 0 Å². The fraction of sp³-hybridized carbons (Fsp3) is 0.875. The molecule has 1 unspecified atom stereocenters. The van der Waals surface area contributed by atoms with Gasteiger partial charge in [0.25, 0.3) is 5.92 Å². The fourth-order valence-electron chi connectivity index (χ4n) is 2.11. The molecule has 0 saturated carbocycles. The number of rotatable bonds is 0. The summed E-state index contributed by atoms with van der Waals surface area (Å²) < 4.78 is 27.0. The zero-order valence-corrected chi connectivity index (χ0v) is 7.20. The Kier molecular flexibility index (Phi) is 1.80. The summed E-state index contributed by atoms with van der Waals surface area (Å²) in [4.78, 5) is 11.3. The van der Waals surface area contributed by atoms with Gasteiger partial charge >= 0.3 is 0 Å². The first-order chi connectivity index (χ1) is 6.08. The summed E-state index contributed by atoms with van der Waals surface area (Å²) in [6.07, 6.45) is 0.00620. The molecule has 0 aromatic rings. The van der Waals surface area contributed by atoms with Crippen LogP contribution in [0, 0.1) is 5.41 Å². The molecule has 0 aromatic heterocycles. The Morgan fingerprint density at radius 2 is 2.00 bits per heavy atom. The minimum atomic E-state index is -2.85. The largest absolute Gasteiger partial charge is 0.355 e. The number of carbonyl (C=O) groups is 1. The maximum Gasteiger partial charge on any atom is 0.264 e. The summed E-state index contributed by atoms with van der Waals surface area (Å²) in [7, 11) is 0. The van der Waals surface area contributed by atoms with Crippen molar-refractivity contribution in [1.29, 1.82) is 0 Å². The highest BCUT2D eigenvalue weighted by molar-refractivity contribution is 5.86. The van der Waals surface area contributed by atoms with E-state index in [0.717, 1.165) is 0 Å². The lowest BCUT2D eigenvalue weighted by atomic mass is 9.76. The molecule has 0 aromatic carbocycles. The van der Waals surface area contributed by atoms with E-state index in [-0.39, 0.29) is 19.4 Å². The monoisotopic (exact) mass is 190 g/mol. The van der Waals surface area contributed by atoms with Crippen LogP contribution in [0.15, 0.2) is 0 Å². The number of nitrogens with one attached hydrogen (secondary N) is 2. The predicted octanol–water partition coefficient (Wildman–Crippen LogP) is 0.121. The van der Waals surface area contributed by atoms with E-state index in [2.05, 4.69) is 10.6 Å². The molecule has 13 heavy (non-hydrogen) atoms. The molecule has 2 aliphatic heterocycles. The number of piperidine rings is 1. The van der Waals surface area contributed by atoms with Gasteiger partial charge in [-0.05, 0) is 6.42 Å². The second-order valence-corrected chi connectivity index (χ2v) is 3.72. The van der Waals surface area contributed by atoms with E-state index in [1.54, 1.807) is 0 Å². The first kappa shape index (κ1) is 8.87. The lowest BCUT2D eigenvalue weighted by molar-refractivity contribution is -0.163. The Balaban J connectivity index is 2.32. The highest BCUT2D eigenvalue weighted by Gasteiger charge is 2.61. The second-order valence-electron chi connectivity index (χ2n) is 3.72. The minimum absolute atomic E-state index is 0.103. The highest BCUT2D eigenvalue weighted by atomic mass is 19.3. The third kappa shape index (κ3) is 1.06. The van der Waals surface area contributed by atoms with Crippen LogP contribution in [0.2, 0.25) is 0 Å². The average Bonchev–Trinajstić information content (AvgIpc) is 2.41. The molecule has 2 rings (SSSR count). The van der Waals surface area contributed by atoms with Gasteiger partial charge in [0.15, 0.2) is 0 Å². The first-order valence-corrected chi connectivity index (χ1v) is 4.45. The van der Waals surface area contributed by atoms with E-state index in [0.29, 0.717) is 13.1 Å². The Labute approximate surface area is 74.9 Å². The number of hydrogen-bond donors (Lipinski definition) is 2. The Morgan fingerprint density at radius 1 is 1.23 bits per heavy atom. The standard InChI is InChI=1S/C8H12F2N2O/c9-8(10)2-3-11-5-7(8)1-4-12-6(7)13/h11H,1-5H2,(H,12,13). The van der Waals surface area contributed by atoms with Gasteiger partial charge in [-0.2, -0.15) is 0 Å². The minimum Gasteiger partial charge on any atom is -0.355 e. The van der Waals surface area contributed by atoms with Crippen molar-refractivity contribution in [2.75, 3.05) is 19.6 Å². The van der Waals surface area contributed by atoms with Crippen molar-refractivity contribution in [3.8, 4) is 0 Å². The molecule has 2 aliphatic rings. The van der Waals surface area contributed by atoms with Gasteiger partial charge < -0.3 is 10.6 Å². The van der Waals surface area contributed by atoms with E-state index in [4.69, 9.17) is 0 Å². The van der Waals surface area contributed by atoms with Crippen LogP contribution >= 0.6 is 0 Å². The number of hydrogen-bond acceptors (Lipinski definition) is 2. The first-order valence-electron chi connectivity index (χ1n) is 4.45. The third-order valence-electron chi connectivity index (χ3n) is 3.01. The van der Waals surface area contributed by atoms with Gasteiger partial charge in [-0.25, -0.2) is 8.78 Å². The Morgan fingerprint density at radius 3 is 2.54 bits per heavy atom. The van der Waals surface area contributed by atoms with E-state index in [1.165, 1.54) is 0 Å². The van der Waals surface area contributed by atoms with Crippen molar-refractivity contribution in [3.63, 3.8) is 0 Å². The van der Waals surface area contributed by atoms with Crippen molar-refractivity contribution in [2.24, 2.45) is 5.41 Å². The number of halogens is 2. The summed E-state index contributed by atoms with van der Waals surface area (Å²) in [5, 5.41) is 5.34. The van der Waals surface area contributed by atoms with E-state index in [1.807, 2.05) is 0 Å². The summed E-state index contributed by atoms with van der Waals surface area (Å²) in [6, 6.07) is 0. The smallest absolute Gasteiger partial charge is 0.264 e. The number of amides is 1. The Bertz CT molecular complexity index is 244. The van der Waals surface area contributed by atoms with Gasteiger partial charge in [-0.1, -0.05) is 0 Å². The van der Waals surface area contributed by atoms with Crippen LogP contribution in [0.25, 0.3) is 0 Å². The van der Waals surface area contributed by atoms with Crippen LogP contribution in [0.4, 0.5) is 8.78 Å². The quantitative estimate of drug-likeness (QED) is 0.569. The van der Waals surface area contributed by atoms with E-state index >= 15 is 0 Å². The van der Waals surface area contributed by atoms with Crippen LogP contribution in [0.3, 0.4) is 0 Å². The van der Waals surface area contributed by atoms with Crippen LogP contribution < -0.4 is 10.6 Å². The molecule has 1 atom stereocenters. The molecule has 0 bridgehead atoms. The number of alkyl halides is 2. The topological polar surface area (TPSA) is 41.1 Å². The zero-order valence-electron chi connectivity index (χ0n) is 7.20. The SMILES string of the molecule is O=C1NCCC12CNCCC2(F)F. The lowest BCUT2D eigenvalue weighted by Crippen LogP contribution is -2.57. The number of carbonyl (C=O) groups excluding carboxylic acids is 1. The van der Waals surface area contributed by atoms with Crippen LogP contribution in [-0.4, -0.2) is 31.5 Å². The molecule has 2 N–H and O–H groups in total. The molecule has 3 nitrogen and oxygen atoms in total. The highest BCUT2D eigenvalue weighted by Crippen LogP contribution is 2.45. The summed E-state index contributed by atoms with van der Waals surface area (Å²) in [5.41, 5.74) is -1.47. The van der Waals surface area contributed by atoms with Gasteiger partial charge in [0.05, 0.1) is 0 Å². The molecule has 2 saturated heterocycles. The van der Waals surface area contributed by atoms with Gasteiger partial charge in [0.2, 0.25) is 5.91 Å². The van der Waals surface area contributed by atoms with Crippen molar-refractivity contribution < 1.29 is 13.6 Å². The average molecular weight is 190 g/mol. The molecular weight excluding hydrogens is 178 g/mol. The molecule has 0 radical (unpaired) electrons. The van der Waals surface area contributed by atoms with Crippen molar-refractivity contribution in [1.82, 2.24) is 10.6 Å². The van der Waals surface area contributed by atoms with Crippen LogP contribution in [0.1, 0.15) is 12.8 Å². The predicted molar refractivity (Wildman–Crippen MR) is 42.5 cm³/mol. The van der Waals surface area contributed by atoms with Gasteiger partial charge in [0, 0.05) is 26.1 Å². The van der Waals surface area contributed by atoms with Gasteiger partial charge in [-0.3, -0.25) is 4.79 Å². The molecule has 1 spiro atoms. The summed E-state index contributed by atoms with van der Waals surface area (Å²) in [5.74, 6) is -3.34. The summed E-state index contributed by atoms with van der Waals surface area (Å²) >= 11 is 0. The molecule has 2 heterocycles. The van der Waals surface area contributed by atoms with Gasteiger partial charge in [0.1, 0.15) is 5.41 Å². The van der Waals surface area contributed by atoms with Crippen molar-refractivity contribution >= 4 is 5.91 Å². The fourth-order valence-corrected chi connectivity index (χ4v) is 2.11. The molecule has 2 fully saturated rings. The molecule has 5 heteroatoms. The van der Waals surface area contributed by atoms with Crippen molar-refractivity contribution in [3.05, 3.63) is 0 Å². The zero-order chi connectivity index (χ0) is 9.53. The normalized spacial score (nSPS) is 37.8. The van der Waals surface area contributed by atoms with E-state index in [9.17, 15) is 13.6 Å². The molecular formula is C8H12F2N2O. The third-order valence-corrected chi connectivity index (χ3v) is 3.01. The van der Waals surface area contributed by atoms with E-state index < -0.39 is 17.2 Å². The van der Waals surface area contributed by atoms with Crippen LogP contribution in [0.5, 0.6) is 0 Å².